The van der Waals surface area contributed by atoms with Crippen LogP contribution in [0.4, 0.5) is 4.79 Å². The van der Waals surface area contributed by atoms with Gasteiger partial charge in [-0.1, -0.05) is 23.4 Å². The van der Waals surface area contributed by atoms with Gasteiger partial charge in [-0.25, -0.2) is 13.2 Å². The van der Waals surface area contributed by atoms with Gasteiger partial charge in [-0.15, -0.1) is 11.3 Å². The molecule has 1 N–H and O–H groups in total. The Labute approximate surface area is 201 Å². The van der Waals surface area contributed by atoms with Gasteiger partial charge in [-0.2, -0.15) is 4.31 Å². The summed E-state index contributed by atoms with van der Waals surface area (Å²) in [6.07, 6.45) is 0.567. The van der Waals surface area contributed by atoms with Gasteiger partial charge in [-0.3, -0.25) is 0 Å². The van der Waals surface area contributed by atoms with E-state index in [1.807, 2.05) is 25.1 Å². The lowest BCUT2D eigenvalue weighted by atomic mass is 9.89. The van der Waals surface area contributed by atoms with E-state index in [9.17, 15) is 13.2 Å². The van der Waals surface area contributed by atoms with Crippen LogP contribution in [0.25, 0.3) is 0 Å². The number of nitrogens with zero attached hydrogens (tertiary/aromatic N) is 2. The van der Waals surface area contributed by atoms with Crippen LogP contribution in [0.15, 0.2) is 45.1 Å². The Kier molecular flexibility index (Phi) is 6.13. The predicted molar refractivity (Wildman–Crippen MR) is 124 cm³/mol. The van der Waals surface area contributed by atoms with E-state index in [2.05, 4.69) is 10.5 Å². The smallest absolute Gasteiger partial charge is 0.414 e. The average Bonchev–Trinajstić information content (AvgIpc) is 3.50. The lowest BCUT2D eigenvalue weighted by Crippen LogP contribution is -2.46. The van der Waals surface area contributed by atoms with Crippen LogP contribution in [0.1, 0.15) is 37.8 Å². The summed E-state index contributed by atoms with van der Waals surface area (Å²) in [5.74, 6) is 1.44. The first-order valence-corrected chi connectivity index (χ1v) is 13.3. The van der Waals surface area contributed by atoms with E-state index in [4.69, 9.17) is 19.0 Å². The number of nitrogens with one attached hydrogen (secondary N) is 1. The van der Waals surface area contributed by atoms with E-state index in [1.165, 1.54) is 15.6 Å². The van der Waals surface area contributed by atoms with Crippen molar-refractivity contribution in [2.75, 3.05) is 26.3 Å². The highest BCUT2D eigenvalue weighted by Gasteiger charge is 2.45. The zero-order chi connectivity index (χ0) is 23.8. The maximum atomic E-state index is 12.7. The van der Waals surface area contributed by atoms with Gasteiger partial charge in [0.15, 0.2) is 11.5 Å². The minimum Gasteiger partial charge on any atom is -0.486 e. The summed E-state index contributed by atoms with van der Waals surface area (Å²) in [4.78, 5) is 18.1. The van der Waals surface area contributed by atoms with Gasteiger partial charge in [0.25, 0.3) is 10.0 Å². The Morgan fingerprint density at radius 3 is 2.76 bits per heavy atom. The molecular formula is C22H25N3O7S2. The third-order valence-corrected chi connectivity index (χ3v) is 9.42. The Balaban J connectivity index is 1.15. The van der Waals surface area contributed by atoms with Crippen molar-refractivity contribution in [3.63, 3.8) is 0 Å². The number of piperidine rings is 1. The number of carbonyl (C=O) groups excluding carboxylic acids is 1. The predicted octanol–water partition coefficient (Wildman–Crippen LogP) is 3.26. The molecule has 1 amide bonds. The summed E-state index contributed by atoms with van der Waals surface area (Å²) < 4.78 is 44.0. The van der Waals surface area contributed by atoms with Crippen LogP contribution in [0.3, 0.4) is 0 Å². The number of hydrogen-bond acceptors (Lipinski definition) is 9. The Bertz CT molecular complexity index is 1190. The third-order valence-electron chi connectivity index (χ3n) is 6.15. The van der Waals surface area contributed by atoms with Crippen molar-refractivity contribution in [2.45, 2.75) is 42.0 Å². The highest BCUT2D eigenvalue weighted by atomic mass is 32.2. The van der Waals surface area contributed by atoms with E-state index in [0.717, 1.165) is 5.56 Å². The van der Waals surface area contributed by atoms with Gasteiger partial charge >= 0.3 is 6.09 Å². The molecule has 4 heterocycles. The highest BCUT2D eigenvalue weighted by molar-refractivity contribution is 7.91. The van der Waals surface area contributed by atoms with Crippen molar-refractivity contribution in [1.82, 2.24) is 9.62 Å². The molecule has 1 aromatic carbocycles. The van der Waals surface area contributed by atoms with E-state index in [0.29, 0.717) is 61.3 Å². The van der Waals surface area contributed by atoms with Gasteiger partial charge in [0, 0.05) is 31.5 Å². The van der Waals surface area contributed by atoms with Crippen molar-refractivity contribution in [2.24, 2.45) is 5.16 Å². The van der Waals surface area contributed by atoms with Crippen molar-refractivity contribution in [3.05, 3.63) is 41.3 Å². The van der Waals surface area contributed by atoms with Crippen LogP contribution in [0.5, 0.6) is 11.5 Å². The standard InChI is InChI=1S/C22H25N3O7S2/c1-15(16-4-2-5-17-20(16)30-12-11-29-17)23-21(26)31-18-14-22(32-24-18)7-9-25(10-8-22)34(27,28)19-6-3-13-33-19/h2-6,13,15H,7-12,14H2,1H3,(H,23,26). The first kappa shape index (κ1) is 22.9. The molecule has 5 rings (SSSR count). The number of carbonyl (C=O) groups is 1. The largest absolute Gasteiger partial charge is 0.486 e. The van der Waals surface area contributed by atoms with Crippen molar-refractivity contribution < 1.29 is 32.3 Å². The molecule has 182 valence electrons. The molecule has 0 aliphatic carbocycles. The average molecular weight is 508 g/mol. The summed E-state index contributed by atoms with van der Waals surface area (Å²) in [6, 6.07) is 8.48. The topological polar surface area (TPSA) is 116 Å². The maximum Gasteiger partial charge on any atom is 0.414 e. The Hall–Kier alpha value is -2.83. The SMILES string of the molecule is CC(NC(=O)OC1=NOC2(CCN(S(=O)(=O)c3cccs3)CC2)C1)c1cccc2c1OCCO2. The minimum atomic E-state index is -3.50. The second kappa shape index (κ2) is 9.08. The highest BCUT2D eigenvalue weighted by Crippen LogP contribution is 2.38. The van der Waals surface area contributed by atoms with E-state index >= 15 is 0 Å². The van der Waals surface area contributed by atoms with Crippen LogP contribution in [-0.4, -0.2) is 56.6 Å². The molecule has 0 bridgehead atoms. The zero-order valence-corrected chi connectivity index (χ0v) is 20.2. The number of para-hydroxylation sites is 1. The maximum absolute atomic E-state index is 12.7. The van der Waals surface area contributed by atoms with Crippen LogP contribution in [0, 0.1) is 0 Å². The number of thiophene rings is 1. The van der Waals surface area contributed by atoms with Crippen LogP contribution in [0.2, 0.25) is 0 Å². The number of ether oxygens (including phenoxy) is 3. The van der Waals surface area contributed by atoms with Gasteiger partial charge in [0.05, 0.1) is 12.5 Å². The molecule has 1 spiro atoms. The van der Waals surface area contributed by atoms with Crippen LogP contribution < -0.4 is 14.8 Å². The van der Waals surface area contributed by atoms with Crippen molar-refractivity contribution in [3.8, 4) is 11.5 Å². The number of hydrogen-bond donors (Lipinski definition) is 1. The molecule has 3 aliphatic heterocycles. The van der Waals surface area contributed by atoms with Crippen molar-refractivity contribution >= 4 is 33.4 Å². The number of oxime groups is 1. The number of sulfonamides is 1. The number of benzene rings is 1. The molecule has 34 heavy (non-hydrogen) atoms. The molecule has 1 unspecified atom stereocenters. The molecule has 1 saturated heterocycles. The summed E-state index contributed by atoms with van der Waals surface area (Å²) in [7, 11) is -3.50. The fraction of sp³-hybridized carbons (Fsp3) is 0.455. The summed E-state index contributed by atoms with van der Waals surface area (Å²) >= 11 is 1.20. The molecule has 12 heteroatoms. The quantitative estimate of drug-likeness (QED) is 0.675. The monoisotopic (exact) mass is 507 g/mol. The van der Waals surface area contributed by atoms with Gasteiger partial charge in [-0.05, 0) is 24.4 Å². The first-order chi connectivity index (χ1) is 16.4. The number of alkyl carbamates (subject to hydrolysis) is 1. The minimum absolute atomic E-state index is 0.175. The van der Waals surface area contributed by atoms with Gasteiger partial charge < -0.3 is 24.4 Å². The summed E-state index contributed by atoms with van der Waals surface area (Å²) in [6.45, 7) is 3.39. The molecule has 1 atom stereocenters. The lowest BCUT2D eigenvalue weighted by Gasteiger charge is -2.35. The molecule has 1 aromatic heterocycles. The fourth-order valence-electron chi connectivity index (χ4n) is 4.31. The molecule has 10 nitrogen and oxygen atoms in total. The van der Waals surface area contributed by atoms with Gasteiger partial charge in [0.2, 0.25) is 5.90 Å². The van der Waals surface area contributed by atoms with Gasteiger partial charge in [0.1, 0.15) is 23.0 Å². The molecule has 0 saturated carbocycles. The van der Waals surface area contributed by atoms with Crippen LogP contribution >= 0.6 is 11.3 Å². The second-order valence-electron chi connectivity index (χ2n) is 8.40. The van der Waals surface area contributed by atoms with E-state index in [-0.39, 0.29) is 11.9 Å². The normalized spacial score (nSPS) is 20.3. The second-order valence-corrected chi connectivity index (χ2v) is 11.5. The molecule has 1 fully saturated rings. The number of amides is 1. The first-order valence-electron chi connectivity index (χ1n) is 11.0. The Morgan fingerprint density at radius 1 is 1.21 bits per heavy atom. The number of fused-ring (bicyclic) bond motifs is 1. The fourth-order valence-corrected chi connectivity index (χ4v) is 6.90. The van der Waals surface area contributed by atoms with Crippen LogP contribution in [-0.2, 0) is 19.6 Å². The Morgan fingerprint density at radius 2 is 2.00 bits per heavy atom. The third kappa shape index (κ3) is 4.44. The van der Waals surface area contributed by atoms with E-state index in [1.54, 1.807) is 17.5 Å². The zero-order valence-electron chi connectivity index (χ0n) is 18.6. The summed E-state index contributed by atoms with van der Waals surface area (Å²) in [5.41, 5.74) is 0.126. The van der Waals surface area contributed by atoms with E-state index < -0.39 is 21.7 Å². The molecular weight excluding hydrogens is 482 g/mol. The lowest BCUT2D eigenvalue weighted by molar-refractivity contribution is -0.0506. The number of rotatable bonds is 4. The molecule has 2 aromatic rings. The molecule has 3 aliphatic rings. The molecule has 0 radical (unpaired) electrons. The van der Waals surface area contributed by atoms with Crippen molar-refractivity contribution in [1.29, 1.82) is 0 Å². The summed E-state index contributed by atoms with van der Waals surface area (Å²) in [5, 5.41) is 8.50.